The molecule has 160 valence electrons. The van der Waals surface area contributed by atoms with Crippen molar-refractivity contribution < 1.29 is 23.6 Å². The van der Waals surface area contributed by atoms with Crippen LogP contribution in [0.5, 0.6) is 11.5 Å². The number of amides is 1. The molecule has 0 unspecified atom stereocenters. The monoisotopic (exact) mass is 428 g/mol. The summed E-state index contributed by atoms with van der Waals surface area (Å²) < 4.78 is 11.5. The number of benzene rings is 3. The fraction of sp³-hybridized carbons (Fsp3) is 0.200. The quantitative estimate of drug-likeness (QED) is 0.452. The van der Waals surface area contributed by atoms with E-state index in [0.717, 1.165) is 16.2 Å². The molecule has 0 radical (unpaired) electrons. The summed E-state index contributed by atoms with van der Waals surface area (Å²) in [6.07, 6.45) is 0.798. The molecule has 7 heteroatoms. The third kappa shape index (κ3) is 3.73. The summed E-state index contributed by atoms with van der Waals surface area (Å²) in [7, 11) is 0. The minimum atomic E-state index is -0.424. The molecule has 7 nitrogen and oxygen atoms in total. The predicted octanol–water partition coefficient (Wildman–Crippen LogP) is 5.14. The number of nitrogens with zero attached hydrogens (tertiary/aromatic N) is 1. The Hall–Kier alpha value is -4.00. The number of anilines is 1. The number of carbonyl (C=O) groups is 3. The Morgan fingerprint density at radius 3 is 2.75 bits per heavy atom. The molecular formula is C25H20N2O5. The predicted molar refractivity (Wildman–Crippen MR) is 119 cm³/mol. The number of fused-ring (bicyclic) bond motifs is 3. The van der Waals surface area contributed by atoms with E-state index in [1.54, 1.807) is 18.2 Å². The summed E-state index contributed by atoms with van der Waals surface area (Å²) in [6, 6.07) is 16.6. The number of ketones is 2. The number of ether oxygens (including phenoxy) is 1. The maximum absolute atomic E-state index is 12.5. The van der Waals surface area contributed by atoms with E-state index in [1.165, 1.54) is 6.92 Å². The van der Waals surface area contributed by atoms with Gasteiger partial charge in [0.2, 0.25) is 5.91 Å². The van der Waals surface area contributed by atoms with Crippen molar-refractivity contribution in [3.05, 3.63) is 60.3 Å². The molecule has 5 rings (SSSR count). The number of hydrogen-bond acceptors (Lipinski definition) is 6. The third-order valence-corrected chi connectivity index (χ3v) is 5.64. The van der Waals surface area contributed by atoms with Crippen LogP contribution < -0.4 is 10.1 Å². The van der Waals surface area contributed by atoms with Gasteiger partial charge in [0, 0.05) is 25.1 Å². The molecule has 1 amide bonds. The smallest absolute Gasteiger partial charge is 0.221 e. The summed E-state index contributed by atoms with van der Waals surface area (Å²) >= 11 is 0. The van der Waals surface area contributed by atoms with Gasteiger partial charge in [0.25, 0.3) is 0 Å². The molecule has 0 spiro atoms. The maximum Gasteiger partial charge on any atom is 0.221 e. The first kappa shape index (κ1) is 19.9. The SMILES string of the molecule is CC(=O)Nc1cccc(Oc2ccc3c(ccc4onc([C@H]5CCC(=O)CC5=O)c43)c2)c1. The zero-order chi connectivity index (χ0) is 22.2. The number of Topliss-reactive ketones (excluding diaryl/α,β-unsaturated/α-hetero) is 2. The topological polar surface area (TPSA) is 98.5 Å². The van der Waals surface area contributed by atoms with Gasteiger partial charge >= 0.3 is 0 Å². The van der Waals surface area contributed by atoms with Crippen molar-refractivity contribution in [2.24, 2.45) is 0 Å². The van der Waals surface area contributed by atoms with Crippen molar-refractivity contribution in [3.8, 4) is 11.5 Å². The first-order valence-corrected chi connectivity index (χ1v) is 10.4. The van der Waals surface area contributed by atoms with Crippen LogP contribution in [-0.2, 0) is 14.4 Å². The van der Waals surface area contributed by atoms with Crippen LogP contribution in [0, 0.1) is 0 Å². The second-order valence-corrected chi connectivity index (χ2v) is 7.97. The Bertz CT molecular complexity index is 1390. The average molecular weight is 428 g/mol. The van der Waals surface area contributed by atoms with Gasteiger partial charge in [-0.3, -0.25) is 14.4 Å². The van der Waals surface area contributed by atoms with Crippen LogP contribution in [0.25, 0.3) is 21.7 Å². The first-order valence-electron chi connectivity index (χ1n) is 10.4. The van der Waals surface area contributed by atoms with Gasteiger partial charge in [0.15, 0.2) is 5.58 Å². The third-order valence-electron chi connectivity index (χ3n) is 5.64. The van der Waals surface area contributed by atoms with Gasteiger partial charge in [-0.05, 0) is 53.6 Å². The van der Waals surface area contributed by atoms with Crippen LogP contribution in [0.1, 0.15) is 37.8 Å². The molecule has 1 N–H and O–H groups in total. The fourth-order valence-corrected chi connectivity index (χ4v) is 4.21. The highest BCUT2D eigenvalue weighted by molar-refractivity contribution is 6.11. The Balaban J connectivity index is 1.50. The van der Waals surface area contributed by atoms with E-state index in [-0.39, 0.29) is 23.9 Å². The molecule has 1 aromatic heterocycles. The number of carbonyl (C=O) groups excluding carboxylic acids is 3. The molecule has 4 aromatic rings. The molecule has 1 fully saturated rings. The van der Waals surface area contributed by atoms with E-state index in [9.17, 15) is 14.4 Å². The number of aromatic nitrogens is 1. The normalized spacial score (nSPS) is 16.5. The zero-order valence-electron chi connectivity index (χ0n) is 17.4. The second-order valence-electron chi connectivity index (χ2n) is 7.97. The van der Waals surface area contributed by atoms with E-state index in [2.05, 4.69) is 10.5 Å². The number of hydrogen-bond donors (Lipinski definition) is 1. The van der Waals surface area contributed by atoms with Crippen LogP contribution in [0.2, 0.25) is 0 Å². The van der Waals surface area contributed by atoms with Crippen LogP contribution in [0.3, 0.4) is 0 Å². The molecule has 0 bridgehead atoms. The largest absolute Gasteiger partial charge is 0.457 e. The fourth-order valence-electron chi connectivity index (χ4n) is 4.21. The van der Waals surface area contributed by atoms with E-state index in [4.69, 9.17) is 9.26 Å². The molecule has 1 aliphatic carbocycles. The van der Waals surface area contributed by atoms with Crippen molar-refractivity contribution in [2.75, 3.05) is 5.32 Å². The highest BCUT2D eigenvalue weighted by Gasteiger charge is 2.32. The van der Waals surface area contributed by atoms with Crippen molar-refractivity contribution in [3.63, 3.8) is 0 Å². The van der Waals surface area contributed by atoms with Gasteiger partial charge in [0.1, 0.15) is 28.8 Å². The highest BCUT2D eigenvalue weighted by atomic mass is 16.5. The Kier molecular flexibility index (Phi) is 4.93. The lowest BCUT2D eigenvalue weighted by Crippen LogP contribution is -2.23. The molecule has 0 aliphatic heterocycles. The van der Waals surface area contributed by atoms with Crippen LogP contribution in [0.15, 0.2) is 59.1 Å². The van der Waals surface area contributed by atoms with Crippen molar-refractivity contribution in [1.29, 1.82) is 0 Å². The minimum Gasteiger partial charge on any atom is -0.457 e. The molecule has 1 heterocycles. The summed E-state index contributed by atoms with van der Waals surface area (Å²) in [5.74, 6) is 0.531. The number of rotatable bonds is 4. The standard InChI is InChI=1S/C25H20N2O5/c1-14(28)26-16-3-2-4-18(12-16)31-19-7-9-20-15(11-19)5-10-23-24(20)25(27-32-23)21-8-6-17(29)13-22(21)30/h2-5,7,9-12,21H,6,8,13H2,1H3,(H,26,28)/t21-/m0/s1. The van der Waals surface area contributed by atoms with Gasteiger partial charge in [-0.1, -0.05) is 17.3 Å². The van der Waals surface area contributed by atoms with Crippen LogP contribution in [0.4, 0.5) is 5.69 Å². The van der Waals surface area contributed by atoms with Gasteiger partial charge in [-0.2, -0.15) is 0 Å². The highest BCUT2D eigenvalue weighted by Crippen LogP contribution is 2.38. The molecule has 1 saturated carbocycles. The lowest BCUT2D eigenvalue weighted by molar-refractivity contribution is -0.130. The Morgan fingerprint density at radius 1 is 1.09 bits per heavy atom. The lowest BCUT2D eigenvalue weighted by Gasteiger charge is -2.18. The summed E-state index contributed by atoms with van der Waals surface area (Å²) in [5, 5.41) is 9.55. The number of nitrogens with one attached hydrogen (secondary N) is 1. The second kappa shape index (κ2) is 7.92. The van der Waals surface area contributed by atoms with Gasteiger partial charge in [0.05, 0.1) is 17.7 Å². The van der Waals surface area contributed by atoms with E-state index < -0.39 is 5.92 Å². The Morgan fingerprint density at radius 2 is 1.94 bits per heavy atom. The molecule has 1 aliphatic rings. The van der Waals surface area contributed by atoms with E-state index in [1.807, 2.05) is 36.4 Å². The Labute approximate surface area is 183 Å². The summed E-state index contributed by atoms with van der Waals surface area (Å²) in [5.41, 5.74) is 1.86. The van der Waals surface area contributed by atoms with Gasteiger partial charge in [-0.25, -0.2) is 0 Å². The first-order chi connectivity index (χ1) is 15.5. The minimum absolute atomic E-state index is 0.0201. The summed E-state index contributed by atoms with van der Waals surface area (Å²) in [4.78, 5) is 35.4. The van der Waals surface area contributed by atoms with Crippen LogP contribution in [-0.4, -0.2) is 22.6 Å². The molecule has 1 atom stereocenters. The van der Waals surface area contributed by atoms with Crippen molar-refractivity contribution in [1.82, 2.24) is 5.16 Å². The molecule has 3 aromatic carbocycles. The molecule has 0 saturated heterocycles. The van der Waals surface area contributed by atoms with Crippen LogP contribution >= 0.6 is 0 Å². The van der Waals surface area contributed by atoms with Crippen molar-refractivity contribution in [2.45, 2.75) is 32.1 Å². The van der Waals surface area contributed by atoms with Gasteiger partial charge in [-0.15, -0.1) is 0 Å². The maximum atomic E-state index is 12.5. The van der Waals surface area contributed by atoms with E-state index >= 15 is 0 Å². The zero-order valence-corrected chi connectivity index (χ0v) is 17.4. The molecular weight excluding hydrogens is 408 g/mol. The van der Waals surface area contributed by atoms with E-state index in [0.29, 0.717) is 41.3 Å². The summed E-state index contributed by atoms with van der Waals surface area (Å²) in [6.45, 7) is 1.45. The average Bonchev–Trinajstić information content (AvgIpc) is 3.18. The van der Waals surface area contributed by atoms with Gasteiger partial charge < -0.3 is 14.6 Å². The van der Waals surface area contributed by atoms with Crippen molar-refractivity contribution >= 4 is 44.9 Å². The lowest BCUT2D eigenvalue weighted by atomic mass is 9.83. The molecule has 32 heavy (non-hydrogen) atoms.